The summed E-state index contributed by atoms with van der Waals surface area (Å²) in [5.74, 6) is -0.0325. The topological polar surface area (TPSA) is 75.7 Å². The molecule has 1 atom stereocenters. The number of hydrogen-bond donors (Lipinski definition) is 2. The molecule has 3 N–H and O–H groups in total. The maximum atomic E-state index is 10.4. The summed E-state index contributed by atoms with van der Waals surface area (Å²) in [6, 6.07) is -0.828. The van der Waals surface area contributed by atoms with Gasteiger partial charge in [0.2, 0.25) is 0 Å². The van der Waals surface area contributed by atoms with Gasteiger partial charge in [0.05, 0.1) is 7.18 Å². The summed E-state index contributed by atoms with van der Waals surface area (Å²) in [5.41, 5.74) is 6.83. The van der Waals surface area contributed by atoms with Crippen molar-refractivity contribution in [3.05, 3.63) is 24.9 Å². The number of nitrogens with zero attached hydrogens (tertiary/aromatic N) is 1. The first-order valence-corrected chi connectivity index (χ1v) is 5.92. The number of halogens is 1. The zero-order valence-electron chi connectivity index (χ0n) is 10.1. The maximum absolute atomic E-state index is 10.4. The minimum atomic E-state index is -0.987. The lowest BCUT2D eigenvalue weighted by molar-refractivity contribution is -0.137. The quantitative estimate of drug-likeness (QED) is 0.687. The van der Waals surface area contributed by atoms with E-state index in [-0.39, 0.29) is 0 Å². The molecule has 0 heterocycles. The number of carboxylic acid groups (broad SMARTS) is 1. The molecule has 0 amide bonds. The highest BCUT2D eigenvalue weighted by Gasteiger charge is 2.10. The number of carboxylic acids is 1. The first-order chi connectivity index (χ1) is 7.97. The molecule has 0 spiro atoms. The number of carbonyl (C=O) groups is 1. The van der Waals surface area contributed by atoms with E-state index < -0.39 is 12.0 Å². The molecule has 0 fully saturated rings. The third-order valence-electron chi connectivity index (χ3n) is 1.43. The summed E-state index contributed by atoms with van der Waals surface area (Å²) in [5, 5.41) is 8.55. The first-order valence-electron chi connectivity index (χ1n) is 4.76. The van der Waals surface area contributed by atoms with E-state index in [9.17, 15) is 9.18 Å². The van der Waals surface area contributed by atoms with Crippen LogP contribution in [-0.2, 0) is 4.79 Å². The third-order valence-corrected chi connectivity index (χ3v) is 2.53. The van der Waals surface area contributed by atoms with Gasteiger partial charge in [0, 0.05) is 22.9 Å². The molecule has 4 nitrogen and oxygen atoms in total. The van der Waals surface area contributed by atoms with Gasteiger partial charge in [-0.25, -0.2) is 0 Å². The summed E-state index contributed by atoms with van der Waals surface area (Å²) in [6.07, 6.45) is 1.63. The molecule has 1 unspecified atom stereocenters. The second kappa shape index (κ2) is 11.3. The van der Waals surface area contributed by atoms with Crippen molar-refractivity contribution in [2.45, 2.75) is 13.0 Å². The lowest BCUT2D eigenvalue weighted by Gasteiger charge is -2.05. The Morgan fingerprint density at radius 3 is 2.53 bits per heavy atom. The van der Waals surface area contributed by atoms with Crippen LogP contribution in [0.5, 0.6) is 0 Å². The van der Waals surface area contributed by atoms with E-state index in [0.717, 1.165) is 5.71 Å². The van der Waals surface area contributed by atoms with Crippen molar-refractivity contribution < 1.29 is 14.3 Å². The molecular weight excluding hydrogens is 243 g/mol. The van der Waals surface area contributed by atoms with E-state index in [4.69, 9.17) is 10.8 Å². The highest BCUT2D eigenvalue weighted by molar-refractivity contribution is 8.00. The van der Waals surface area contributed by atoms with Crippen molar-refractivity contribution in [2.75, 3.05) is 18.7 Å². The number of nitrogens with two attached hydrogens (primary N) is 1. The number of hydrogen-bond acceptors (Lipinski definition) is 4. The number of aliphatic imine (C=N–C) groups is 1. The van der Waals surface area contributed by atoms with Crippen LogP contribution in [0.4, 0.5) is 4.39 Å². The Labute approximate surface area is 105 Å². The van der Waals surface area contributed by atoms with Crippen LogP contribution >= 0.6 is 11.8 Å². The predicted octanol–water partition coefficient (Wildman–Crippen LogP) is 1.88. The van der Waals surface area contributed by atoms with Crippen LogP contribution in [-0.4, -0.2) is 41.5 Å². The summed E-state index contributed by atoms with van der Waals surface area (Å²) >= 11 is 1.42. The van der Waals surface area contributed by atoms with Crippen LogP contribution in [0.1, 0.15) is 6.92 Å². The minimum absolute atomic E-state index is 0.360. The summed E-state index contributed by atoms with van der Waals surface area (Å²) in [7, 11) is 0.500. The van der Waals surface area contributed by atoms with Crippen LogP contribution in [0.15, 0.2) is 29.9 Å². The van der Waals surface area contributed by atoms with Crippen LogP contribution in [0.25, 0.3) is 0 Å². The fraction of sp³-hybridized carbons (Fsp3) is 0.455. The second-order valence-corrected chi connectivity index (χ2v) is 4.03. The summed E-state index contributed by atoms with van der Waals surface area (Å²) in [6.45, 7) is 9.05. The molecule has 0 radical (unpaired) electrons. The van der Waals surface area contributed by atoms with Gasteiger partial charge < -0.3 is 10.8 Å². The molecule has 0 aromatic carbocycles. The zero-order chi connectivity index (χ0) is 13.8. The van der Waals surface area contributed by atoms with Gasteiger partial charge in [0.15, 0.2) is 0 Å². The lowest BCUT2D eigenvalue weighted by Crippen LogP contribution is -2.32. The van der Waals surface area contributed by atoms with Crippen molar-refractivity contribution in [3.8, 4) is 0 Å². The minimum Gasteiger partial charge on any atom is -0.480 e. The molecule has 0 rings (SSSR count). The highest BCUT2D eigenvalue weighted by Crippen LogP contribution is 2.05. The maximum Gasteiger partial charge on any atom is 0.321 e. The molecule has 0 aliphatic carbocycles. The van der Waals surface area contributed by atoms with Gasteiger partial charge in [-0.15, -0.1) is 0 Å². The molecule has 0 saturated carbocycles. The first kappa shape index (κ1) is 18.2. The highest BCUT2D eigenvalue weighted by atomic mass is 32.2. The molecular formula is C11H19FN2O2S. The van der Waals surface area contributed by atoms with Crippen LogP contribution in [0.2, 0.25) is 0 Å². The fourth-order valence-electron chi connectivity index (χ4n) is 0.744. The van der Waals surface area contributed by atoms with E-state index in [1.807, 2.05) is 0 Å². The van der Waals surface area contributed by atoms with E-state index in [1.165, 1.54) is 11.8 Å². The molecule has 0 aliphatic rings. The Hall–Kier alpha value is -1.14. The smallest absolute Gasteiger partial charge is 0.321 e. The zero-order valence-corrected chi connectivity index (χ0v) is 11.0. The predicted molar refractivity (Wildman–Crippen MR) is 72.4 cm³/mol. The van der Waals surface area contributed by atoms with Crippen molar-refractivity contribution in [1.82, 2.24) is 0 Å². The average Bonchev–Trinajstić information content (AvgIpc) is 2.29. The molecule has 98 valence electrons. The van der Waals surface area contributed by atoms with Crippen LogP contribution < -0.4 is 5.73 Å². The Kier molecular flexibility index (Phi) is 12.2. The largest absolute Gasteiger partial charge is 0.480 e. The van der Waals surface area contributed by atoms with Crippen molar-refractivity contribution in [1.29, 1.82) is 0 Å². The molecule has 6 heteroatoms. The Balaban J connectivity index is 0. The molecule has 17 heavy (non-hydrogen) atoms. The Morgan fingerprint density at radius 1 is 1.65 bits per heavy atom. The molecule has 0 saturated heterocycles. The van der Waals surface area contributed by atoms with Crippen molar-refractivity contribution >= 4 is 23.4 Å². The van der Waals surface area contributed by atoms with Crippen LogP contribution in [0, 0.1) is 0 Å². The summed E-state index contributed by atoms with van der Waals surface area (Å²) in [4.78, 5) is 14.6. The average molecular weight is 262 g/mol. The Morgan fingerprint density at radius 2 is 2.18 bits per heavy atom. The van der Waals surface area contributed by atoms with E-state index >= 15 is 0 Å². The van der Waals surface area contributed by atoms with Crippen molar-refractivity contribution in [2.24, 2.45) is 10.7 Å². The number of allylic oxidation sites excluding steroid dienone is 2. The van der Waals surface area contributed by atoms with Gasteiger partial charge in [-0.2, -0.15) is 11.8 Å². The summed E-state index contributed by atoms with van der Waals surface area (Å²) < 4.78 is 9.50. The molecule has 0 aliphatic heterocycles. The van der Waals surface area contributed by atoms with E-state index in [2.05, 4.69) is 18.2 Å². The number of thioether (sulfide) groups is 1. The van der Waals surface area contributed by atoms with Gasteiger partial charge >= 0.3 is 5.97 Å². The van der Waals surface area contributed by atoms with Gasteiger partial charge in [0.1, 0.15) is 6.04 Å². The van der Waals surface area contributed by atoms with Gasteiger partial charge in [0.25, 0.3) is 0 Å². The Bertz CT molecular complexity index is 293. The third kappa shape index (κ3) is 11.1. The van der Waals surface area contributed by atoms with Crippen LogP contribution in [0.3, 0.4) is 0 Å². The fourth-order valence-corrected chi connectivity index (χ4v) is 1.65. The van der Waals surface area contributed by atoms with E-state index in [1.54, 1.807) is 13.0 Å². The van der Waals surface area contributed by atoms with Crippen molar-refractivity contribution in [3.63, 3.8) is 0 Å². The van der Waals surface area contributed by atoms with E-state index in [0.29, 0.717) is 24.4 Å². The molecule has 0 aromatic heterocycles. The number of alkyl halides is 1. The van der Waals surface area contributed by atoms with Gasteiger partial charge in [-0.3, -0.25) is 14.2 Å². The van der Waals surface area contributed by atoms with Gasteiger partial charge in [-0.05, 0) is 13.0 Å². The molecule has 0 bridgehead atoms. The monoisotopic (exact) mass is 262 g/mol. The standard InChI is InChI=1S/C10H16N2O2S.CH3F/c1-4-8(12-7(2)3)5-15-6-9(11)10(13)14;1-2/h4,9H,1-2,5-6,11H2,3H3,(H,13,14);1H3. The lowest BCUT2D eigenvalue weighted by atomic mass is 10.4. The SMILES string of the molecule is C=CC(CSCC(N)C(=O)O)=NC(=C)C.CF. The number of aliphatic carboxylic acids is 1. The normalized spacial score (nSPS) is 12.1. The molecule has 0 aromatic rings. The van der Waals surface area contributed by atoms with Gasteiger partial charge in [-0.1, -0.05) is 13.2 Å². The second-order valence-electron chi connectivity index (χ2n) is 3.00. The number of rotatable bonds is 7.